The molecule has 0 spiro atoms. The van der Waals surface area contributed by atoms with Crippen LogP contribution in [0.25, 0.3) is 0 Å². The molecule has 0 radical (unpaired) electrons. The van der Waals surface area contributed by atoms with Gasteiger partial charge >= 0.3 is 0 Å². The third-order valence-corrected chi connectivity index (χ3v) is 10.1. The summed E-state index contributed by atoms with van der Waals surface area (Å²) >= 11 is 25.4. The summed E-state index contributed by atoms with van der Waals surface area (Å²) < 4.78 is 29.1. The van der Waals surface area contributed by atoms with Gasteiger partial charge in [0.15, 0.2) is 0 Å². The Morgan fingerprint density at radius 1 is 0.841 bits per heavy atom. The SMILES string of the molecule is CNC(=O)C(Cc1ccccc1)N(Cc1ccc(Cl)cc1Cl)C(=O)CN(c1cccc(Cl)c1Cl)S(=O)(=O)c1ccc(C)cc1. The van der Waals surface area contributed by atoms with E-state index in [0.29, 0.717) is 10.6 Å². The Labute approximate surface area is 277 Å². The number of benzene rings is 4. The maximum Gasteiger partial charge on any atom is 0.264 e. The molecule has 1 N–H and O–H groups in total. The Balaban J connectivity index is 1.84. The van der Waals surface area contributed by atoms with E-state index in [1.807, 2.05) is 37.3 Å². The highest BCUT2D eigenvalue weighted by Gasteiger charge is 2.35. The van der Waals surface area contributed by atoms with Crippen LogP contribution in [0.5, 0.6) is 0 Å². The van der Waals surface area contributed by atoms with E-state index >= 15 is 0 Å². The van der Waals surface area contributed by atoms with Crippen LogP contribution in [-0.4, -0.2) is 44.8 Å². The molecule has 0 aliphatic rings. The molecule has 0 saturated heterocycles. The van der Waals surface area contributed by atoms with Crippen molar-refractivity contribution in [3.63, 3.8) is 0 Å². The van der Waals surface area contributed by atoms with Crippen LogP contribution in [0.3, 0.4) is 0 Å². The van der Waals surface area contributed by atoms with Gasteiger partial charge in [0, 0.05) is 30.1 Å². The second-order valence-corrected chi connectivity index (χ2v) is 13.5. The van der Waals surface area contributed by atoms with E-state index in [1.54, 1.807) is 30.3 Å². The van der Waals surface area contributed by atoms with Crippen molar-refractivity contribution in [3.05, 3.63) is 128 Å². The molecule has 0 heterocycles. The molecule has 1 unspecified atom stereocenters. The standard InChI is InChI=1S/C32H29Cl4N3O4S/c1-21-11-15-25(16-12-21)44(42,43)39(28-10-6-9-26(34)31(28)36)20-30(40)38(19-23-13-14-24(33)18-27(23)35)29(32(41)37-2)17-22-7-4-3-5-8-22/h3-16,18,29H,17,19-20H2,1-2H3,(H,37,41). The molecule has 0 fully saturated rings. The van der Waals surface area contributed by atoms with Crippen LogP contribution < -0.4 is 9.62 Å². The zero-order chi connectivity index (χ0) is 32.0. The molecule has 12 heteroatoms. The van der Waals surface area contributed by atoms with Crippen molar-refractivity contribution in [2.24, 2.45) is 0 Å². The molecule has 4 rings (SSSR count). The minimum absolute atomic E-state index is 0.0112. The molecule has 0 aromatic heterocycles. The summed E-state index contributed by atoms with van der Waals surface area (Å²) in [7, 11) is -2.87. The summed E-state index contributed by atoms with van der Waals surface area (Å²) in [6, 6.07) is 23.7. The average Bonchev–Trinajstić information content (AvgIpc) is 3.00. The first-order valence-corrected chi connectivity index (χ1v) is 16.4. The molecule has 1 atom stereocenters. The number of hydrogen-bond donors (Lipinski definition) is 1. The maximum absolute atomic E-state index is 14.4. The largest absolute Gasteiger partial charge is 0.357 e. The smallest absolute Gasteiger partial charge is 0.264 e. The van der Waals surface area contributed by atoms with Gasteiger partial charge in [0.25, 0.3) is 10.0 Å². The van der Waals surface area contributed by atoms with Gasteiger partial charge in [0.05, 0.1) is 20.6 Å². The molecule has 0 saturated carbocycles. The quantitative estimate of drug-likeness (QED) is 0.180. The van der Waals surface area contributed by atoms with E-state index in [-0.39, 0.29) is 38.6 Å². The molecule has 44 heavy (non-hydrogen) atoms. The number of halogens is 4. The van der Waals surface area contributed by atoms with E-state index in [9.17, 15) is 18.0 Å². The third kappa shape index (κ3) is 7.86. The highest BCUT2D eigenvalue weighted by Crippen LogP contribution is 2.36. The molecule has 230 valence electrons. The Morgan fingerprint density at radius 3 is 2.16 bits per heavy atom. The summed E-state index contributed by atoms with van der Waals surface area (Å²) in [6.07, 6.45) is 0.153. The molecule has 4 aromatic rings. The number of nitrogens with one attached hydrogen (secondary N) is 1. The zero-order valence-corrected chi connectivity index (χ0v) is 27.6. The topological polar surface area (TPSA) is 86.8 Å². The van der Waals surface area contributed by atoms with Crippen LogP contribution in [0.2, 0.25) is 20.1 Å². The Bertz CT molecular complexity index is 1750. The summed E-state index contributed by atoms with van der Waals surface area (Å²) in [6.45, 7) is 1.03. The van der Waals surface area contributed by atoms with E-state index in [0.717, 1.165) is 15.4 Å². The maximum atomic E-state index is 14.4. The summed E-state index contributed by atoms with van der Waals surface area (Å²) in [5.74, 6) is -1.12. The van der Waals surface area contributed by atoms with Crippen LogP contribution in [0.4, 0.5) is 5.69 Å². The van der Waals surface area contributed by atoms with Gasteiger partial charge < -0.3 is 10.2 Å². The first-order chi connectivity index (χ1) is 20.9. The number of carbonyl (C=O) groups is 2. The third-order valence-electron chi connectivity index (χ3n) is 6.96. The van der Waals surface area contributed by atoms with Gasteiger partial charge in [0.2, 0.25) is 11.8 Å². The molecule has 0 bridgehead atoms. The van der Waals surface area contributed by atoms with Crippen LogP contribution in [-0.2, 0) is 32.6 Å². The van der Waals surface area contributed by atoms with Gasteiger partial charge in [-0.3, -0.25) is 13.9 Å². The lowest BCUT2D eigenvalue weighted by Gasteiger charge is -2.34. The minimum Gasteiger partial charge on any atom is -0.357 e. The minimum atomic E-state index is -4.34. The lowest BCUT2D eigenvalue weighted by molar-refractivity contribution is -0.139. The zero-order valence-electron chi connectivity index (χ0n) is 23.8. The first kappa shape index (κ1) is 33.6. The van der Waals surface area contributed by atoms with E-state index in [4.69, 9.17) is 46.4 Å². The first-order valence-electron chi connectivity index (χ1n) is 13.4. The number of hydrogen-bond acceptors (Lipinski definition) is 4. The molecular formula is C32H29Cl4N3O4S. The Kier molecular flexibility index (Phi) is 11.2. The Morgan fingerprint density at radius 2 is 1.52 bits per heavy atom. The van der Waals surface area contributed by atoms with Crippen LogP contribution in [0, 0.1) is 6.92 Å². The van der Waals surface area contributed by atoms with Crippen molar-refractivity contribution in [1.29, 1.82) is 0 Å². The molecular weight excluding hydrogens is 664 g/mol. The normalized spacial score (nSPS) is 12.0. The molecule has 4 aromatic carbocycles. The van der Waals surface area contributed by atoms with Gasteiger partial charge in [-0.1, -0.05) is 107 Å². The predicted octanol–water partition coefficient (Wildman–Crippen LogP) is 7.19. The number of aryl methyl sites for hydroxylation is 1. The van der Waals surface area contributed by atoms with E-state index in [1.165, 1.54) is 42.3 Å². The fraction of sp³-hybridized carbons (Fsp3) is 0.188. The average molecular weight is 693 g/mol. The number of rotatable bonds is 11. The van der Waals surface area contributed by atoms with Crippen molar-refractivity contribution in [2.75, 3.05) is 17.9 Å². The fourth-order valence-corrected chi connectivity index (χ4v) is 6.93. The molecule has 7 nitrogen and oxygen atoms in total. The summed E-state index contributed by atoms with van der Waals surface area (Å²) in [4.78, 5) is 29.0. The van der Waals surface area contributed by atoms with E-state index in [2.05, 4.69) is 5.32 Å². The number of amides is 2. The van der Waals surface area contributed by atoms with Crippen molar-refractivity contribution in [1.82, 2.24) is 10.2 Å². The Hall–Kier alpha value is -3.27. The van der Waals surface area contributed by atoms with Gasteiger partial charge in [-0.05, 0) is 54.4 Å². The van der Waals surface area contributed by atoms with Crippen molar-refractivity contribution < 1.29 is 18.0 Å². The number of nitrogens with zero attached hydrogens (tertiary/aromatic N) is 2. The summed E-state index contributed by atoms with van der Waals surface area (Å²) in [5, 5.41) is 3.38. The van der Waals surface area contributed by atoms with Crippen LogP contribution in [0.1, 0.15) is 16.7 Å². The lowest BCUT2D eigenvalue weighted by Crippen LogP contribution is -2.53. The van der Waals surface area contributed by atoms with Gasteiger partial charge in [-0.25, -0.2) is 8.42 Å². The van der Waals surface area contributed by atoms with Gasteiger partial charge in [-0.2, -0.15) is 0 Å². The highest BCUT2D eigenvalue weighted by molar-refractivity contribution is 7.92. The monoisotopic (exact) mass is 691 g/mol. The molecule has 2 amide bonds. The molecule has 0 aliphatic carbocycles. The second-order valence-electron chi connectivity index (χ2n) is 9.97. The highest BCUT2D eigenvalue weighted by atomic mass is 35.5. The number of anilines is 1. The predicted molar refractivity (Wildman–Crippen MR) is 177 cm³/mol. The number of sulfonamides is 1. The molecule has 0 aliphatic heterocycles. The number of likely N-dealkylation sites (N-methyl/N-ethyl adjacent to an activating group) is 1. The van der Waals surface area contributed by atoms with Crippen molar-refractivity contribution in [3.8, 4) is 0 Å². The lowest BCUT2D eigenvalue weighted by atomic mass is 10.0. The summed E-state index contributed by atoms with van der Waals surface area (Å²) in [5.41, 5.74) is 2.17. The second kappa shape index (κ2) is 14.7. The van der Waals surface area contributed by atoms with E-state index < -0.39 is 34.4 Å². The van der Waals surface area contributed by atoms with Gasteiger partial charge in [-0.15, -0.1) is 0 Å². The van der Waals surface area contributed by atoms with Crippen LogP contribution in [0.15, 0.2) is 95.9 Å². The van der Waals surface area contributed by atoms with Gasteiger partial charge in [0.1, 0.15) is 12.6 Å². The fourth-order valence-electron chi connectivity index (χ4n) is 4.59. The van der Waals surface area contributed by atoms with Crippen molar-refractivity contribution >= 4 is 73.9 Å². The number of carbonyl (C=O) groups excluding carboxylic acids is 2. The van der Waals surface area contributed by atoms with Crippen LogP contribution >= 0.6 is 46.4 Å². The van der Waals surface area contributed by atoms with Crippen molar-refractivity contribution in [2.45, 2.75) is 30.8 Å².